The molecule has 0 aromatic heterocycles. The normalized spacial score (nSPS) is 25.6. The maximum Gasteiger partial charge on any atom is 0.316 e. The summed E-state index contributed by atoms with van der Waals surface area (Å²) in [5.74, 6) is -1.45. The Morgan fingerprint density at radius 3 is 2.51 bits per heavy atom. The molecule has 2 aliphatic heterocycles. The summed E-state index contributed by atoms with van der Waals surface area (Å²) in [5.41, 5.74) is 1.20. The molecule has 2 saturated heterocycles. The Kier molecular flexibility index (Phi) is 5.78. The molecule has 0 spiro atoms. The van der Waals surface area contributed by atoms with E-state index in [1.165, 1.54) is 4.90 Å². The number of rotatable bonds is 4. The van der Waals surface area contributed by atoms with Gasteiger partial charge in [0.2, 0.25) is 17.7 Å². The first-order valence-electron chi connectivity index (χ1n) is 12.9. The average Bonchev–Trinajstić information content (AvgIpc) is 3.40. The fraction of sp³-hybridized carbons (Fsp3) is 0.333. The Balaban J connectivity index is 1.18. The van der Waals surface area contributed by atoms with Crippen LogP contribution >= 0.6 is 0 Å². The molecule has 1 aliphatic carbocycles. The summed E-state index contributed by atoms with van der Waals surface area (Å²) in [4.78, 5) is 55.0. The molecule has 188 valence electrons. The molecule has 1 saturated carbocycles. The molecular formula is C30H28N2O5. The zero-order valence-electron chi connectivity index (χ0n) is 20.6. The highest BCUT2D eigenvalue weighted by atomic mass is 16.5. The maximum absolute atomic E-state index is 13.1. The van der Waals surface area contributed by atoms with Crippen LogP contribution in [-0.4, -0.2) is 30.2 Å². The lowest BCUT2D eigenvalue weighted by Crippen LogP contribution is -2.31. The van der Waals surface area contributed by atoms with Gasteiger partial charge in [-0.1, -0.05) is 49.4 Å². The molecule has 7 nitrogen and oxygen atoms in total. The van der Waals surface area contributed by atoms with Gasteiger partial charge in [0.15, 0.2) is 0 Å². The van der Waals surface area contributed by atoms with Gasteiger partial charge >= 0.3 is 5.97 Å². The summed E-state index contributed by atoms with van der Waals surface area (Å²) in [7, 11) is 0. The van der Waals surface area contributed by atoms with Crippen molar-refractivity contribution < 1.29 is 23.9 Å². The Morgan fingerprint density at radius 1 is 0.892 bits per heavy atom. The average molecular weight is 497 g/mol. The third-order valence-corrected chi connectivity index (χ3v) is 8.00. The quantitative estimate of drug-likeness (QED) is 0.296. The molecule has 0 N–H and O–H groups in total. The first-order valence-corrected chi connectivity index (χ1v) is 12.9. The molecule has 3 aromatic carbocycles. The van der Waals surface area contributed by atoms with Crippen molar-refractivity contribution in [2.75, 3.05) is 16.3 Å². The topological polar surface area (TPSA) is 84.0 Å². The predicted octanol–water partition coefficient (Wildman–Crippen LogP) is 4.72. The molecular weight excluding hydrogens is 468 g/mol. The highest BCUT2D eigenvalue weighted by Crippen LogP contribution is 2.42. The largest absolute Gasteiger partial charge is 0.426 e. The number of ether oxygens (including phenoxy) is 1. The first kappa shape index (κ1) is 23.4. The van der Waals surface area contributed by atoms with E-state index in [1.807, 2.05) is 42.5 Å². The molecule has 3 aromatic rings. The van der Waals surface area contributed by atoms with Gasteiger partial charge in [-0.3, -0.25) is 19.2 Å². The SMILES string of the molecule is C[C@@H]1CC[C@@H]2C(=O)N(c3cccc(OC(=O)[C@H]4CC(=O)N(c5cccc6ccccc56)C4)c3)C(=O)[C@@H]2C1. The number of amides is 3. The molecule has 6 rings (SSSR count). The van der Waals surface area contributed by atoms with Crippen molar-refractivity contribution >= 4 is 45.8 Å². The molecule has 0 bridgehead atoms. The molecule has 7 heteroatoms. The molecule has 0 radical (unpaired) electrons. The van der Waals surface area contributed by atoms with E-state index in [9.17, 15) is 19.2 Å². The molecule has 37 heavy (non-hydrogen) atoms. The number of hydrogen-bond acceptors (Lipinski definition) is 5. The standard InChI is InChI=1S/C30H28N2O5/c1-18-12-13-24-25(14-18)29(35)32(28(24)34)21-8-5-9-22(16-21)37-30(36)20-15-27(33)31(17-20)26-11-4-7-19-6-2-3-10-23(19)26/h2-11,16,18,20,24-25H,12-15,17H2,1H3/t18-,20+,24+,25-/m1/s1. The van der Waals surface area contributed by atoms with E-state index >= 15 is 0 Å². The highest BCUT2D eigenvalue weighted by molar-refractivity contribution is 6.22. The minimum atomic E-state index is -0.616. The zero-order chi connectivity index (χ0) is 25.7. The van der Waals surface area contributed by atoms with Gasteiger partial charge in [-0.15, -0.1) is 0 Å². The zero-order valence-corrected chi connectivity index (χ0v) is 20.6. The second-order valence-electron chi connectivity index (χ2n) is 10.5. The van der Waals surface area contributed by atoms with Crippen LogP contribution in [0.25, 0.3) is 10.8 Å². The molecule has 3 aliphatic rings. The molecule has 2 heterocycles. The van der Waals surface area contributed by atoms with Gasteiger partial charge in [-0.25, -0.2) is 4.90 Å². The summed E-state index contributed by atoms with van der Waals surface area (Å²) in [5, 5.41) is 1.98. The van der Waals surface area contributed by atoms with Crippen LogP contribution < -0.4 is 14.5 Å². The van der Waals surface area contributed by atoms with E-state index in [1.54, 1.807) is 29.2 Å². The second-order valence-corrected chi connectivity index (χ2v) is 10.5. The fourth-order valence-electron chi connectivity index (χ4n) is 6.07. The van der Waals surface area contributed by atoms with E-state index in [0.717, 1.165) is 35.7 Å². The third kappa shape index (κ3) is 4.08. The number of anilines is 2. The van der Waals surface area contributed by atoms with E-state index in [2.05, 4.69) is 6.92 Å². The van der Waals surface area contributed by atoms with Crippen LogP contribution in [0, 0.1) is 23.7 Å². The van der Waals surface area contributed by atoms with Crippen LogP contribution in [0.4, 0.5) is 11.4 Å². The fourth-order valence-corrected chi connectivity index (χ4v) is 6.07. The van der Waals surface area contributed by atoms with E-state index in [-0.39, 0.29) is 48.3 Å². The van der Waals surface area contributed by atoms with Crippen LogP contribution in [0.2, 0.25) is 0 Å². The minimum absolute atomic E-state index is 0.0619. The van der Waals surface area contributed by atoms with Gasteiger partial charge in [0.1, 0.15) is 5.75 Å². The van der Waals surface area contributed by atoms with E-state index < -0.39 is 11.9 Å². The van der Waals surface area contributed by atoms with Crippen molar-refractivity contribution in [2.24, 2.45) is 23.7 Å². The van der Waals surface area contributed by atoms with Gasteiger partial charge < -0.3 is 9.64 Å². The molecule has 4 atom stereocenters. The number of benzene rings is 3. The lowest BCUT2D eigenvalue weighted by molar-refractivity contribution is -0.139. The van der Waals surface area contributed by atoms with Gasteiger partial charge in [0.25, 0.3) is 0 Å². The van der Waals surface area contributed by atoms with Crippen LogP contribution in [0.1, 0.15) is 32.6 Å². The van der Waals surface area contributed by atoms with E-state index in [0.29, 0.717) is 11.6 Å². The Bertz CT molecular complexity index is 1430. The van der Waals surface area contributed by atoms with Crippen molar-refractivity contribution in [1.82, 2.24) is 0 Å². The number of imide groups is 1. The number of carbonyl (C=O) groups excluding carboxylic acids is 4. The van der Waals surface area contributed by atoms with Crippen LogP contribution in [0.15, 0.2) is 66.7 Å². The summed E-state index contributed by atoms with van der Waals surface area (Å²) >= 11 is 0. The number of carbonyl (C=O) groups is 4. The van der Waals surface area contributed by atoms with Crippen LogP contribution in [0.5, 0.6) is 5.75 Å². The molecule has 3 amide bonds. The number of nitrogens with zero attached hydrogens (tertiary/aromatic N) is 2. The van der Waals surface area contributed by atoms with Crippen LogP contribution in [0.3, 0.4) is 0 Å². The van der Waals surface area contributed by atoms with Crippen LogP contribution in [-0.2, 0) is 19.2 Å². The lowest BCUT2D eigenvalue weighted by atomic mass is 9.76. The first-order chi connectivity index (χ1) is 17.9. The molecule has 0 unspecified atom stereocenters. The Morgan fingerprint density at radius 2 is 1.65 bits per heavy atom. The third-order valence-electron chi connectivity index (χ3n) is 8.00. The van der Waals surface area contributed by atoms with Crippen molar-refractivity contribution in [3.63, 3.8) is 0 Å². The Hall–Kier alpha value is -4.00. The number of esters is 1. The Labute approximate surface area is 215 Å². The summed E-state index contributed by atoms with van der Waals surface area (Å²) in [6.07, 6.45) is 2.46. The minimum Gasteiger partial charge on any atom is -0.426 e. The van der Waals surface area contributed by atoms with Crippen molar-refractivity contribution in [3.05, 3.63) is 66.7 Å². The monoisotopic (exact) mass is 496 g/mol. The summed E-state index contributed by atoms with van der Waals surface area (Å²) in [6, 6.07) is 20.2. The number of fused-ring (bicyclic) bond motifs is 2. The smallest absolute Gasteiger partial charge is 0.316 e. The van der Waals surface area contributed by atoms with E-state index in [4.69, 9.17) is 4.74 Å². The number of hydrogen-bond donors (Lipinski definition) is 0. The van der Waals surface area contributed by atoms with Crippen molar-refractivity contribution in [3.8, 4) is 5.75 Å². The van der Waals surface area contributed by atoms with Crippen molar-refractivity contribution in [1.29, 1.82) is 0 Å². The lowest BCUT2D eigenvalue weighted by Gasteiger charge is -2.25. The van der Waals surface area contributed by atoms with Gasteiger partial charge in [0.05, 0.1) is 29.1 Å². The van der Waals surface area contributed by atoms with Crippen molar-refractivity contribution in [2.45, 2.75) is 32.6 Å². The van der Waals surface area contributed by atoms with Gasteiger partial charge in [-0.05, 0) is 48.8 Å². The van der Waals surface area contributed by atoms with Gasteiger partial charge in [-0.2, -0.15) is 0 Å². The highest BCUT2D eigenvalue weighted by Gasteiger charge is 2.50. The summed E-state index contributed by atoms with van der Waals surface area (Å²) in [6.45, 7) is 2.35. The predicted molar refractivity (Wildman–Crippen MR) is 139 cm³/mol. The van der Waals surface area contributed by atoms with Gasteiger partial charge in [0, 0.05) is 24.4 Å². The summed E-state index contributed by atoms with van der Waals surface area (Å²) < 4.78 is 5.66. The molecule has 3 fully saturated rings. The maximum atomic E-state index is 13.1. The second kappa shape index (κ2) is 9.14.